The van der Waals surface area contributed by atoms with Gasteiger partial charge in [-0.1, -0.05) is 26.0 Å². The Morgan fingerprint density at radius 1 is 0.931 bits per heavy atom. The van der Waals surface area contributed by atoms with E-state index >= 15 is 0 Å². The van der Waals surface area contributed by atoms with Gasteiger partial charge in [0.15, 0.2) is 0 Å². The summed E-state index contributed by atoms with van der Waals surface area (Å²) < 4.78 is 28.6. The second kappa shape index (κ2) is 7.06. The van der Waals surface area contributed by atoms with E-state index < -0.39 is 10.0 Å². The summed E-state index contributed by atoms with van der Waals surface area (Å²) in [6, 6.07) is 5.93. The van der Waals surface area contributed by atoms with Crippen molar-refractivity contribution in [3.05, 3.63) is 29.3 Å². The maximum absolute atomic E-state index is 13.4. The zero-order chi connectivity index (χ0) is 20.4. The fourth-order valence-corrected chi connectivity index (χ4v) is 8.93. The minimum atomic E-state index is -3.42. The van der Waals surface area contributed by atoms with Crippen LogP contribution in [0.2, 0.25) is 0 Å². The van der Waals surface area contributed by atoms with Gasteiger partial charge in [0.05, 0.1) is 4.90 Å². The molecule has 0 radical (unpaired) electrons. The molecule has 4 saturated carbocycles. The molecule has 0 N–H and O–H groups in total. The van der Waals surface area contributed by atoms with Crippen molar-refractivity contribution in [2.75, 3.05) is 26.2 Å². The fourth-order valence-electron chi connectivity index (χ4n) is 7.25. The molecule has 1 aliphatic heterocycles. The minimum Gasteiger partial charge on any atom is -0.295 e. The van der Waals surface area contributed by atoms with Crippen LogP contribution < -0.4 is 0 Å². The predicted molar refractivity (Wildman–Crippen MR) is 117 cm³/mol. The molecule has 5 fully saturated rings. The number of sulfonamides is 1. The summed E-state index contributed by atoms with van der Waals surface area (Å²) >= 11 is 0. The van der Waals surface area contributed by atoms with Crippen LogP contribution in [0.5, 0.6) is 0 Å². The van der Waals surface area contributed by atoms with Gasteiger partial charge in [-0.25, -0.2) is 8.42 Å². The maximum Gasteiger partial charge on any atom is 0.243 e. The minimum absolute atomic E-state index is 0.331. The highest BCUT2D eigenvalue weighted by Gasteiger charge is 2.54. The summed E-state index contributed by atoms with van der Waals surface area (Å²) in [6.45, 7) is 9.22. The smallest absolute Gasteiger partial charge is 0.243 e. The number of piperazine rings is 1. The van der Waals surface area contributed by atoms with Crippen molar-refractivity contribution in [1.82, 2.24) is 9.21 Å². The summed E-state index contributed by atoms with van der Waals surface area (Å²) in [5.41, 5.74) is 2.34. The first-order chi connectivity index (χ1) is 13.8. The second-order valence-electron chi connectivity index (χ2n) is 10.7. The van der Waals surface area contributed by atoms with Crippen molar-refractivity contribution < 1.29 is 8.42 Å². The Morgan fingerprint density at radius 2 is 1.48 bits per heavy atom. The molecule has 1 heterocycles. The molecule has 4 aliphatic carbocycles. The first-order valence-electron chi connectivity index (χ1n) is 11.6. The Kier molecular flexibility index (Phi) is 4.88. The van der Waals surface area contributed by atoms with E-state index in [1.54, 1.807) is 4.31 Å². The first-order valence-corrected chi connectivity index (χ1v) is 13.1. The largest absolute Gasteiger partial charge is 0.295 e. The Labute approximate surface area is 176 Å². The van der Waals surface area contributed by atoms with Crippen LogP contribution in [0, 0.1) is 24.7 Å². The van der Waals surface area contributed by atoms with E-state index in [0.29, 0.717) is 29.4 Å². The number of hydrogen-bond donors (Lipinski definition) is 0. The number of nitrogens with zero attached hydrogens (tertiary/aromatic N) is 2. The lowest BCUT2D eigenvalue weighted by Gasteiger charge is -2.61. The molecular weight excluding hydrogens is 380 g/mol. The monoisotopic (exact) mass is 416 g/mol. The summed E-state index contributed by atoms with van der Waals surface area (Å²) in [6.07, 6.45) is 8.46. The van der Waals surface area contributed by atoms with Crippen LogP contribution in [-0.2, 0) is 10.0 Å². The van der Waals surface area contributed by atoms with Crippen LogP contribution in [0.15, 0.2) is 23.1 Å². The fraction of sp³-hybridized carbons (Fsp3) is 0.750. The predicted octanol–water partition coefficient (Wildman–Crippen LogP) is 4.39. The quantitative estimate of drug-likeness (QED) is 0.731. The van der Waals surface area contributed by atoms with Gasteiger partial charge in [-0.2, -0.15) is 4.31 Å². The Bertz CT molecular complexity index is 849. The molecule has 5 heteroatoms. The van der Waals surface area contributed by atoms with Crippen LogP contribution >= 0.6 is 0 Å². The molecule has 160 valence electrons. The van der Waals surface area contributed by atoms with Crippen LogP contribution in [0.25, 0.3) is 0 Å². The Hall–Kier alpha value is -0.910. The van der Waals surface area contributed by atoms with E-state index in [4.69, 9.17) is 0 Å². The molecule has 1 aromatic carbocycles. The molecule has 4 bridgehead atoms. The van der Waals surface area contributed by atoms with E-state index in [1.165, 1.54) is 38.5 Å². The van der Waals surface area contributed by atoms with Gasteiger partial charge < -0.3 is 0 Å². The third kappa shape index (κ3) is 3.37. The lowest BCUT2D eigenvalue weighted by molar-refractivity contribution is -0.0964. The van der Waals surface area contributed by atoms with Crippen molar-refractivity contribution in [3.63, 3.8) is 0 Å². The van der Waals surface area contributed by atoms with Crippen molar-refractivity contribution in [3.8, 4) is 0 Å². The van der Waals surface area contributed by atoms with Crippen molar-refractivity contribution in [1.29, 1.82) is 0 Å². The SMILES string of the molecule is Cc1ccc(C(C)C)cc1S(=O)(=O)N1CCN(C23CC4CC(CC(C4)C2)C3)CC1. The Morgan fingerprint density at radius 3 is 2.00 bits per heavy atom. The molecule has 0 spiro atoms. The van der Waals surface area contributed by atoms with Gasteiger partial charge in [0.25, 0.3) is 0 Å². The highest BCUT2D eigenvalue weighted by Crippen LogP contribution is 2.57. The number of hydrogen-bond acceptors (Lipinski definition) is 3. The number of aryl methyl sites for hydroxylation is 1. The zero-order valence-electron chi connectivity index (χ0n) is 18.2. The average molecular weight is 417 g/mol. The molecule has 0 amide bonds. The second-order valence-corrected chi connectivity index (χ2v) is 12.6. The topological polar surface area (TPSA) is 40.6 Å². The van der Waals surface area contributed by atoms with Gasteiger partial charge in [-0.05, 0) is 86.3 Å². The highest BCUT2D eigenvalue weighted by atomic mass is 32.2. The van der Waals surface area contributed by atoms with Crippen molar-refractivity contribution in [2.24, 2.45) is 17.8 Å². The maximum atomic E-state index is 13.4. The van der Waals surface area contributed by atoms with Gasteiger partial charge in [0.1, 0.15) is 0 Å². The summed E-state index contributed by atoms with van der Waals surface area (Å²) in [5, 5.41) is 0. The lowest BCUT2D eigenvalue weighted by Crippen LogP contribution is -2.64. The summed E-state index contributed by atoms with van der Waals surface area (Å²) in [7, 11) is -3.42. The van der Waals surface area contributed by atoms with Gasteiger partial charge in [0.2, 0.25) is 10.0 Å². The third-order valence-corrected chi connectivity index (χ3v) is 10.5. The molecule has 1 aromatic rings. The molecule has 4 nitrogen and oxygen atoms in total. The number of benzene rings is 1. The van der Waals surface area contributed by atoms with Crippen molar-refractivity contribution in [2.45, 2.75) is 75.6 Å². The standard InChI is InChI=1S/C24H36N2O2S/c1-17(2)22-5-4-18(3)23(13-22)29(27,28)26-8-6-25(7-9-26)24-14-19-10-20(15-24)12-21(11-19)16-24/h4-5,13,17,19-21H,6-12,14-16H2,1-3H3. The lowest BCUT2D eigenvalue weighted by atomic mass is 9.52. The van der Waals surface area contributed by atoms with E-state index in [2.05, 4.69) is 24.8 Å². The molecule has 1 saturated heterocycles. The van der Waals surface area contributed by atoms with Crippen molar-refractivity contribution >= 4 is 10.0 Å². The van der Waals surface area contributed by atoms with E-state index in [-0.39, 0.29) is 0 Å². The molecule has 0 aromatic heterocycles. The summed E-state index contributed by atoms with van der Waals surface area (Å²) in [5.74, 6) is 3.13. The Balaban J connectivity index is 1.33. The molecule has 6 rings (SSSR count). The van der Waals surface area contributed by atoms with E-state index in [9.17, 15) is 8.42 Å². The molecular formula is C24H36N2O2S. The van der Waals surface area contributed by atoms with Gasteiger partial charge in [-0.3, -0.25) is 4.90 Å². The van der Waals surface area contributed by atoms with Crippen LogP contribution in [0.3, 0.4) is 0 Å². The molecule has 0 atom stereocenters. The molecule has 0 unspecified atom stereocenters. The normalized spacial score (nSPS) is 35.5. The zero-order valence-corrected chi connectivity index (χ0v) is 19.0. The van der Waals surface area contributed by atoms with Crippen LogP contribution in [0.1, 0.15) is 69.4 Å². The van der Waals surface area contributed by atoms with E-state index in [0.717, 1.165) is 42.0 Å². The summed E-state index contributed by atoms with van der Waals surface area (Å²) in [4.78, 5) is 3.20. The number of rotatable bonds is 4. The van der Waals surface area contributed by atoms with Gasteiger partial charge in [-0.15, -0.1) is 0 Å². The van der Waals surface area contributed by atoms with Crippen LogP contribution in [0.4, 0.5) is 0 Å². The first kappa shape index (κ1) is 20.0. The molecule has 29 heavy (non-hydrogen) atoms. The van der Waals surface area contributed by atoms with E-state index in [1.807, 2.05) is 19.1 Å². The highest BCUT2D eigenvalue weighted by molar-refractivity contribution is 7.89. The van der Waals surface area contributed by atoms with Gasteiger partial charge in [0, 0.05) is 31.7 Å². The van der Waals surface area contributed by atoms with Gasteiger partial charge >= 0.3 is 0 Å². The third-order valence-electron chi connectivity index (χ3n) is 8.41. The average Bonchev–Trinajstić information content (AvgIpc) is 2.67. The van der Waals surface area contributed by atoms with Crippen LogP contribution in [-0.4, -0.2) is 49.3 Å². The molecule has 5 aliphatic rings.